The average Bonchev–Trinajstić information content (AvgIpc) is 2.79. The van der Waals surface area contributed by atoms with Crippen LogP contribution in [0, 0.1) is 12.7 Å². The standard InChI is InChI=1S/C25H34FN3O3/c1-18-13-23(31-4)24(32-5)15-21(18)17-28-9-11-29(12-10-28)19(2)25(30)27(3)16-20-7-6-8-22(26)14-20/h6-8,13-15,19H,9-12,16-17H2,1-5H3/t19-/m1/s1. The van der Waals surface area contributed by atoms with Crippen LogP contribution in [0.1, 0.15) is 23.6 Å². The Morgan fingerprint density at radius 2 is 1.75 bits per heavy atom. The van der Waals surface area contributed by atoms with Gasteiger partial charge in [-0.05, 0) is 54.8 Å². The van der Waals surface area contributed by atoms with E-state index in [-0.39, 0.29) is 17.8 Å². The number of ether oxygens (including phenoxy) is 2. The molecule has 0 bridgehead atoms. The minimum absolute atomic E-state index is 0.0541. The van der Waals surface area contributed by atoms with E-state index in [2.05, 4.69) is 16.7 Å². The van der Waals surface area contributed by atoms with Crippen LogP contribution in [0.25, 0.3) is 0 Å². The van der Waals surface area contributed by atoms with Gasteiger partial charge >= 0.3 is 0 Å². The SMILES string of the molecule is COc1cc(C)c(CN2CCN([C@H](C)C(=O)N(C)Cc3cccc(F)c3)CC2)cc1OC. The van der Waals surface area contributed by atoms with Crippen LogP contribution in [-0.2, 0) is 17.9 Å². The fraction of sp³-hybridized carbons (Fsp3) is 0.480. The molecule has 1 fully saturated rings. The summed E-state index contributed by atoms with van der Waals surface area (Å²) in [7, 11) is 5.08. The van der Waals surface area contributed by atoms with Crippen LogP contribution >= 0.6 is 0 Å². The van der Waals surface area contributed by atoms with Crippen LogP contribution in [0.4, 0.5) is 4.39 Å². The van der Waals surface area contributed by atoms with Crippen molar-refractivity contribution in [2.45, 2.75) is 33.0 Å². The number of carbonyl (C=O) groups is 1. The molecule has 0 aliphatic carbocycles. The van der Waals surface area contributed by atoms with E-state index < -0.39 is 0 Å². The van der Waals surface area contributed by atoms with Crippen LogP contribution in [0.5, 0.6) is 11.5 Å². The number of carbonyl (C=O) groups excluding carboxylic acids is 1. The average molecular weight is 444 g/mol. The fourth-order valence-corrected chi connectivity index (χ4v) is 4.20. The molecule has 6 nitrogen and oxygen atoms in total. The summed E-state index contributed by atoms with van der Waals surface area (Å²) in [6.07, 6.45) is 0. The first-order valence-electron chi connectivity index (χ1n) is 11.0. The molecule has 0 spiro atoms. The van der Waals surface area contributed by atoms with Crippen molar-refractivity contribution in [3.63, 3.8) is 0 Å². The summed E-state index contributed by atoms with van der Waals surface area (Å²) in [5, 5.41) is 0. The summed E-state index contributed by atoms with van der Waals surface area (Å²) < 4.78 is 24.3. The highest BCUT2D eigenvalue weighted by molar-refractivity contribution is 5.81. The number of hydrogen-bond acceptors (Lipinski definition) is 5. The highest BCUT2D eigenvalue weighted by atomic mass is 19.1. The van der Waals surface area contributed by atoms with Crippen LogP contribution < -0.4 is 9.47 Å². The number of likely N-dealkylation sites (N-methyl/N-ethyl adjacent to an activating group) is 1. The second kappa shape index (κ2) is 10.8. The van der Waals surface area contributed by atoms with E-state index >= 15 is 0 Å². The molecular formula is C25H34FN3O3. The van der Waals surface area contributed by atoms with Crippen molar-refractivity contribution in [3.05, 3.63) is 58.9 Å². The number of benzene rings is 2. The van der Waals surface area contributed by atoms with Crippen LogP contribution in [0.3, 0.4) is 0 Å². The summed E-state index contributed by atoms with van der Waals surface area (Å²) in [4.78, 5) is 19.2. The second-order valence-corrected chi connectivity index (χ2v) is 8.45. The summed E-state index contributed by atoms with van der Waals surface area (Å²) >= 11 is 0. The van der Waals surface area contributed by atoms with Gasteiger partial charge in [-0.3, -0.25) is 14.6 Å². The van der Waals surface area contributed by atoms with E-state index in [1.165, 1.54) is 23.3 Å². The Hall–Kier alpha value is -2.64. The Labute approximate surface area is 190 Å². The van der Waals surface area contributed by atoms with Crippen molar-refractivity contribution in [3.8, 4) is 11.5 Å². The smallest absolute Gasteiger partial charge is 0.239 e. The number of rotatable bonds is 8. The van der Waals surface area contributed by atoms with E-state index in [1.54, 1.807) is 32.2 Å². The van der Waals surface area contributed by atoms with Gasteiger partial charge in [0.05, 0.1) is 20.3 Å². The predicted octanol–water partition coefficient (Wildman–Crippen LogP) is 3.32. The van der Waals surface area contributed by atoms with E-state index in [1.807, 2.05) is 25.1 Å². The molecule has 7 heteroatoms. The molecular weight excluding hydrogens is 409 g/mol. The van der Waals surface area contributed by atoms with E-state index in [9.17, 15) is 9.18 Å². The number of aryl methyl sites for hydroxylation is 1. The maximum atomic E-state index is 13.4. The molecule has 1 saturated heterocycles. The summed E-state index contributed by atoms with van der Waals surface area (Å²) in [6.45, 7) is 8.71. The van der Waals surface area contributed by atoms with Gasteiger partial charge in [-0.15, -0.1) is 0 Å². The third-order valence-electron chi connectivity index (χ3n) is 6.23. The van der Waals surface area contributed by atoms with Gasteiger partial charge in [-0.1, -0.05) is 12.1 Å². The lowest BCUT2D eigenvalue weighted by molar-refractivity contribution is -0.136. The highest BCUT2D eigenvalue weighted by Gasteiger charge is 2.28. The van der Waals surface area contributed by atoms with Gasteiger partial charge in [-0.25, -0.2) is 4.39 Å². The zero-order valence-electron chi connectivity index (χ0n) is 19.7. The molecule has 2 aromatic carbocycles. The van der Waals surface area contributed by atoms with E-state index in [4.69, 9.17) is 9.47 Å². The van der Waals surface area contributed by atoms with Gasteiger partial charge < -0.3 is 14.4 Å². The summed E-state index contributed by atoms with van der Waals surface area (Å²) in [5.41, 5.74) is 3.19. The van der Waals surface area contributed by atoms with E-state index in [0.29, 0.717) is 6.54 Å². The Bertz CT molecular complexity index is 929. The summed E-state index contributed by atoms with van der Waals surface area (Å²) in [5.74, 6) is 1.26. The monoisotopic (exact) mass is 443 g/mol. The van der Waals surface area contributed by atoms with Crippen molar-refractivity contribution < 1.29 is 18.7 Å². The first-order chi connectivity index (χ1) is 15.3. The predicted molar refractivity (Wildman–Crippen MR) is 123 cm³/mol. The van der Waals surface area contributed by atoms with Gasteiger partial charge in [-0.2, -0.15) is 0 Å². The number of piperazine rings is 1. The quantitative estimate of drug-likeness (QED) is 0.626. The molecule has 0 aromatic heterocycles. The Balaban J connectivity index is 1.54. The molecule has 2 aromatic rings. The zero-order valence-corrected chi connectivity index (χ0v) is 19.7. The van der Waals surface area contributed by atoms with Crippen molar-refractivity contribution in [2.75, 3.05) is 47.4 Å². The maximum absolute atomic E-state index is 13.4. The summed E-state index contributed by atoms with van der Waals surface area (Å²) in [6, 6.07) is 10.3. The number of hydrogen-bond donors (Lipinski definition) is 0. The molecule has 0 unspecified atom stereocenters. The third kappa shape index (κ3) is 5.78. The van der Waals surface area contributed by atoms with Gasteiger partial charge in [0.1, 0.15) is 5.82 Å². The molecule has 1 heterocycles. The first-order valence-corrected chi connectivity index (χ1v) is 11.0. The lowest BCUT2D eigenvalue weighted by Crippen LogP contribution is -2.53. The largest absolute Gasteiger partial charge is 0.493 e. The molecule has 1 aliphatic rings. The van der Waals surface area contributed by atoms with Gasteiger partial charge in [0, 0.05) is 46.3 Å². The zero-order chi connectivity index (χ0) is 23.3. The van der Waals surface area contributed by atoms with E-state index in [0.717, 1.165) is 49.8 Å². The van der Waals surface area contributed by atoms with Crippen LogP contribution in [-0.4, -0.2) is 74.1 Å². The number of amides is 1. The Morgan fingerprint density at radius 1 is 1.09 bits per heavy atom. The molecule has 0 saturated carbocycles. The highest BCUT2D eigenvalue weighted by Crippen LogP contribution is 2.31. The van der Waals surface area contributed by atoms with Gasteiger partial charge in [0.15, 0.2) is 11.5 Å². The molecule has 1 atom stereocenters. The molecule has 0 N–H and O–H groups in total. The molecule has 0 radical (unpaired) electrons. The maximum Gasteiger partial charge on any atom is 0.239 e. The molecule has 174 valence electrons. The van der Waals surface area contributed by atoms with Crippen molar-refractivity contribution in [1.82, 2.24) is 14.7 Å². The van der Waals surface area contributed by atoms with Crippen molar-refractivity contribution in [1.29, 1.82) is 0 Å². The molecule has 1 aliphatic heterocycles. The first kappa shape index (κ1) is 24.0. The topological polar surface area (TPSA) is 45.2 Å². The Kier molecular flexibility index (Phi) is 8.10. The second-order valence-electron chi connectivity index (χ2n) is 8.45. The van der Waals surface area contributed by atoms with Gasteiger partial charge in [0.2, 0.25) is 5.91 Å². The van der Waals surface area contributed by atoms with Gasteiger partial charge in [0.25, 0.3) is 0 Å². The third-order valence-corrected chi connectivity index (χ3v) is 6.23. The fourth-order valence-electron chi connectivity index (χ4n) is 4.20. The minimum atomic E-state index is -0.280. The van der Waals surface area contributed by atoms with Crippen LogP contribution in [0.15, 0.2) is 36.4 Å². The van der Waals surface area contributed by atoms with Crippen LogP contribution in [0.2, 0.25) is 0 Å². The lowest BCUT2D eigenvalue weighted by Gasteiger charge is -2.38. The molecule has 3 rings (SSSR count). The van der Waals surface area contributed by atoms with Crippen molar-refractivity contribution >= 4 is 5.91 Å². The number of halogens is 1. The molecule has 32 heavy (non-hydrogen) atoms. The normalized spacial score (nSPS) is 15.9. The molecule has 1 amide bonds. The lowest BCUT2D eigenvalue weighted by atomic mass is 10.1. The Morgan fingerprint density at radius 3 is 2.38 bits per heavy atom. The van der Waals surface area contributed by atoms with Crippen molar-refractivity contribution in [2.24, 2.45) is 0 Å². The minimum Gasteiger partial charge on any atom is -0.493 e. The number of nitrogens with zero attached hydrogens (tertiary/aromatic N) is 3. The number of methoxy groups -OCH3 is 2.